The molecule has 0 aliphatic heterocycles. The topological polar surface area (TPSA) is 54.2 Å². The minimum absolute atomic E-state index is 0.0132. The van der Waals surface area contributed by atoms with Crippen LogP contribution in [0.15, 0.2) is 35.5 Å². The number of hydrogen-bond acceptors (Lipinski definition) is 2. The molecule has 2 atom stereocenters. The lowest BCUT2D eigenvalue weighted by Crippen LogP contribution is -2.39. The van der Waals surface area contributed by atoms with Gasteiger partial charge >= 0.3 is 0 Å². The highest BCUT2D eigenvalue weighted by atomic mass is 19.1. The summed E-state index contributed by atoms with van der Waals surface area (Å²) in [6, 6.07) is 5.88. The van der Waals surface area contributed by atoms with Crippen molar-refractivity contribution in [3.8, 4) is 0 Å². The quantitative estimate of drug-likeness (QED) is 0.652. The molecule has 1 heterocycles. The normalized spacial score (nSPS) is 20.1. The van der Waals surface area contributed by atoms with Crippen LogP contribution in [0.1, 0.15) is 30.5 Å². The molecule has 7 heteroatoms. The molecule has 5 nitrogen and oxygen atoms in total. The smallest absolute Gasteiger partial charge is 0.191 e. The van der Waals surface area contributed by atoms with E-state index < -0.39 is 11.6 Å². The zero-order valence-electron chi connectivity index (χ0n) is 13.8. The number of aliphatic imine (C=N–C) groups is 1. The molecule has 0 saturated heterocycles. The Labute approximate surface area is 139 Å². The van der Waals surface area contributed by atoms with E-state index in [0.29, 0.717) is 25.5 Å². The van der Waals surface area contributed by atoms with Gasteiger partial charge in [0.25, 0.3) is 0 Å². The van der Waals surface area contributed by atoms with Crippen molar-refractivity contribution < 1.29 is 8.78 Å². The molecule has 3 rings (SSSR count). The first-order valence-electron chi connectivity index (χ1n) is 8.05. The summed E-state index contributed by atoms with van der Waals surface area (Å²) in [7, 11) is 1.86. The molecule has 0 bridgehead atoms. The molecule has 1 fully saturated rings. The summed E-state index contributed by atoms with van der Waals surface area (Å²) < 4.78 is 29.5. The maximum atomic E-state index is 13.9. The van der Waals surface area contributed by atoms with Crippen LogP contribution in [-0.4, -0.2) is 28.3 Å². The van der Waals surface area contributed by atoms with Crippen LogP contribution >= 0.6 is 0 Å². The van der Waals surface area contributed by atoms with Crippen molar-refractivity contribution in [1.82, 2.24) is 20.4 Å². The van der Waals surface area contributed by atoms with Crippen LogP contribution in [-0.2, 0) is 13.6 Å². The highest BCUT2D eigenvalue weighted by Gasteiger charge is 2.42. The monoisotopic (exact) mass is 333 g/mol. The molecule has 1 aromatic carbocycles. The third-order valence-corrected chi connectivity index (χ3v) is 4.15. The second-order valence-electron chi connectivity index (χ2n) is 5.87. The Balaban J connectivity index is 1.66. The lowest BCUT2D eigenvalue weighted by Gasteiger charge is -2.12. The fourth-order valence-corrected chi connectivity index (χ4v) is 2.75. The van der Waals surface area contributed by atoms with E-state index in [9.17, 15) is 8.78 Å². The molecular formula is C17H21F2N5. The largest absolute Gasteiger partial charge is 0.357 e. The van der Waals surface area contributed by atoms with Crippen LogP contribution in [0.4, 0.5) is 8.78 Å². The van der Waals surface area contributed by atoms with Gasteiger partial charge in [0, 0.05) is 37.3 Å². The zero-order valence-corrected chi connectivity index (χ0v) is 13.8. The maximum Gasteiger partial charge on any atom is 0.191 e. The van der Waals surface area contributed by atoms with Gasteiger partial charge in [-0.15, -0.1) is 0 Å². The first-order valence-corrected chi connectivity index (χ1v) is 8.05. The first-order chi connectivity index (χ1) is 11.6. The van der Waals surface area contributed by atoms with Crippen LogP contribution < -0.4 is 10.6 Å². The standard InChI is InChI=1S/C17H21F2N5/c1-3-20-17(21-10-11-7-8-22-24(11)2)23-15-9-12(15)16-13(18)5-4-6-14(16)19/h4-8,12,15H,3,9-10H2,1-2H3,(H2,20,21,23). The number of hydrogen-bond donors (Lipinski definition) is 2. The van der Waals surface area contributed by atoms with E-state index in [1.807, 2.05) is 20.0 Å². The molecule has 0 radical (unpaired) electrons. The number of rotatable bonds is 5. The average molecular weight is 333 g/mol. The van der Waals surface area contributed by atoms with Gasteiger partial charge < -0.3 is 10.6 Å². The van der Waals surface area contributed by atoms with E-state index in [4.69, 9.17) is 0 Å². The minimum Gasteiger partial charge on any atom is -0.357 e. The van der Waals surface area contributed by atoms with Gasteiger partial charge in [-0.3, -0.25) is 4.68 Å². The van der Waals surface area contributed by atoms with Crippen molar-refractivity contribution in [2.24, 2.45) is 12.0 Å². The predicted octanol–water partition coefficient (Wildman–Crippen LogP) is 2.31. The molecule has 1 saturated carbocycles. The van der Waals surface area contributed by atoms with Crippen molar-refractivity contribution >= 4 is 5.96 Å². The Kier molecular flexibility index (Phi) is 4.78. The molecule has 128 valence electrons. The van der Waals surface area contributed by atoms with Crippen LogP contribution in [0.25, 0.3) is 0 Å². The molecule has 0 amide bonds. The number of guanidine groups is 1. The molecule has 1 aromatic heterocycles. The first kappa shape index (κ1) is 16.4. The van der Waals surface area contributed by atoms with Gasteiger partial charge in [-0.25, -0.2) is 13.8 Å². The van der Waals surface area contributed by atoms with Crippen molar-refractivity contribution in [3.05, 3.63) is 53.4 Å². The molecular weight excluding hydrogens is 312 g/mol. The average Bonchev–Trinajstić information content (AvgIpc) is 3.16. The van der Waals surface area contributed by atoms with E-state index in [1.54, 1.807) is 10.9 Å². The van der Waals surface area contributed by atoms with E-state index in [0.717, 1.165) is 5.69 Å². The summed E-state index contributed by atoms with van der Waals surface area (Å²) in [4.78, 5) is 4.52. The maximum absolute atomic E-state index is 13.9. The van der Waals surface area contributed by atoms with Crippen LogP contribution in [0.5, 0.6) is 0 Å². The lowest BCUT2D eigenvalue weighted by molar-refractivity contribution is 0.553. The number of nitrogens with one attached hydrogen (secondary N) is 2. The van der Waals surface area contributed by atoms with E-state index in [1.165, 1.54) is 18.2 Å². The number of benzene rings is 1. The summed E-state index contributed by atoms with van der Waals surface area (Å²) in [6.45, 7) is 3.17. The van der Waals surface area contributed by atoms with Crippen molar-refractivity contribution in [1.29, 1.82) is 0 Å². The van der Waals surface area contributed by atoms with Gasteiger partial charge in [0.05, 0.1) is 12.2 Å². The van der Waals surface area contributed by atoms with Gasteiger partial charge in [-0.05, 0) is 31.5 Å². The van der Waals surface area contributed by atoms with Crippen LogP contribution in [0, 0.1) is 11.6 Å². The minimum atomic E-state index is -0.485. The number of nitrogens with zero attached hydrogens (tertiary/aromatic N) is 3. The van der Waals surface area contributed by atoms with Gasteiger partial charge in [0.15, 0.2) is 5.96 Å². The zero-order chi connectivity index (χ0) is 17.1. The molecule has 2 N–H and O–H groups in total. The summed E-state index contributed by atoms with van der Waals surface area (Å²) in [5.74, 6) is -0.489. The van der Waals surface area contributed by atoms with Gasteiger partial charge in [-0.2, -0.15) is 5.10 Å². The van der Waals surface area contributed by atoms with E-state index in [2.05, 4.69) is 20.7 Å². The molecule has 2 unspecified atom stereocenters. The second-order valence-corrected chi connectivity index (χ2v) is 5.87. The van der Waals surface area contributed by atoms with Gasteiger partial charge in [-0.1, -0.05) is 6.07 Å². The number of aryl methyl sites for hydroxylation is 1. The van der Waals surface area contributed by atoms with E-state index in [-0.39, 0.29) is 17.5 Å². The second kappa shape index (κ2) is 6.98. The Morgan fingerprint density at radius 1 is 1.33 bits per heavy atom. The highest BCUT2D eigenvalue weighted by molar-refractivity contribution is 5.80. The Hall–Kier alpha value is -2.44. The number of aromatic nitrogens is 2. The predicted molar refractivity (Wildman–Crippen MR) is 88.7 cm³/mol. The van der Waals surface area contributed by atoms with Crippen LogP contribution in [0.3, 0.4) is 0 Å². The van der Waals surface area contributed by atoms with Gasteiger partial charge in [0.1, 0.15) is 11.6 Å². The lowest BCUT2D eigenvalue weighted by atomic mass is 10.1. The Bertz CT molecular complexity index is 720. The molecule has 2 aromatic rings. The summed E-state index contributed by atoms with van der Waals surface area (Å²) >= 11 is 0. The third kappa shape index (κ3) is 3.55. The highest BCUT2D eigenvalue weighted by Crippen LogP contribution is 2.43. The summed E-state index contributed by atoms with van der Waals surface area (Å²) in [6.07, 6.45) is 2.41. The fourth-order valence-electron chi connectivity index (χ4n) is 2.75. The molecule has 0 spiro atoms. The summed E-state index contributed by atoms with van der Waals surface area (Å²) in [5.41, 5.74) is 1.15. The Morgan fingerprint density at radius 3 is 2.71 bits per heavy atom. The van der Waals surface area contributed by atoms with Crippen molar-refractivity contribution in [2.45, 2.75) is 31.8 Å². The van der Waals surface area contributed by atoms with Crippen molar-refractivity contribution in [3.63, 3.8) is 0 Å². The number of halogens is 2. The molecule has 1 aliphatic rings. The SMILES string of the molecule is CCNC(=NCc1ccnn1C)NC1CC1c1c(F)cccc1F. The fraction of sp³-hybridized carbons (Fsp3) is 0.412. The Morgan fingerprint density at radius 2 is 2.08 bits per heavy atom. The molecule has 24 heavy (non-hydrogen) atoms. The van der Waals surface area contributed by atoms with Gasteiger partial charge in [0.2, 0.25) is 0 Å². The molecule has 1 aliphatic carbocycles. The van der Waals surface area contributed by atoms with Crippen LogP contribution in [0.2, 0.25) is 0 Å². The van der Waals surface area contributed by atoms with E-state index >= 15 is 0 Å². The third-order valence-electron chi connectivity index (χ3n) is 4.15. The van der Waals surface area contributed by atoms with Crippen molar-refractivity contribution in [2.75, 3.05) is 6.54 Å². The summed E-state index contributed by atoms with van der Waals surface area (Å²) in [5, 5.41) is 10.5.